The van der Waals surface area contributed by atoms with Crippen LogP contribution in [-0.2, 0) is 6.54 Å². The van der Waals surface area contributed by atoms with Crippen LogP contribution >= 0.6 is 0 Å². The first kappa shape index (κ1) is 16.5. The zero-order valence-corrected chi connectivity index (χ0v) is 12.6. The molecule has 1 heterocycles. The Balaban J connectivity index is 1.66. The van der Waals surface area contributed by atoms with Gasteiger partial charge in [-0.15, -0.1) is 0 Å². The number of hydrogen-bond donors (Lipinski definition) is 1. The molecule has 0 fully saturated rings. The number of ether oxygens (including phenoxy) is 1. The number of aromatic nitrogens is 2. The van der Waals surface area contributed by atoms with Gasteiger partial charge in [-0.2, -0.15) is 4.98 Å². The minimum absolute atomic E-state index is 0.0416. The summed E-state index contributed by atoms with van der Waals surface area (Å²) in [6, 6.07) is 7.58. The molecule has 0 unspecified atom stereocenters. The number of nitrogens with two attached hydrogens (primary N) is 1. The van der Waals surface area contributed by atoms with Crippen molar-refractivity contribution in [3.63, 3.8) is 0 Å². The summed E-state index contributed by atoms with van der Waals surface area (Å²) >= 11 is 0. The van der Waals surface area contributed by atoms with Gasteiger partial charge in [-0.1, -0.05) is 0 Å². The molecule has 23 heavy (non-hydrogen) atoms. The van der Waals surface area contributed by atoms with Gasteiger partial charge in [-0.25, -0.2) is 4.79 Å². The van der Waals surface area contributed by atoms with E-state index in [0.717, 1.165) is 19.3 Å². The second kappa shape index (κ2) is 7.92. The van der Waals surface area contributed by atoms with Crippen molar-refractivity contribution in [1.29, 1.82) is 0 Å². The molecule has 0 atom stereocenters. The third-order valence-electron chi connectivity index (χ3n) is 3.26. The number of non-ortho nitro benzene ring substituents is 1. The van der Waals surface area contributed by atoms with Crippen LogP contribution in [0.1, 0.15) is 19.3 Å². The van der Waals surface area contributed by atoms with E-state index in [1.54, 1.807) is 24.4 Å². The molecular formula is C15H18N4O4. The number of unbranched alkanes of at least 4 members (excludes halogenated alkanes) is 2. The van der Waals surface area contributed by atoms with Crippen LogP contribution in [0.2, 0.25) is 0 Å². The fourth-order valence-electron chi connectivity index (χ4n) is 2.03. The molecule has 0 aliphatic carbocycles. The van der Waals surface area contributed by atoms with E-state index in [4.69, 9.17) is 10.5 Å². The summed E-state index contributed by atoms with van der Waals surface area (Å²) < 4.78 is 7.03. The lowest BCUT2D eigenvalue weighted by molar-refractivity contribution is -0.384. The Hall–Kier alpha value is -2.90. The van der Waals surface area contributed by atoms with Crippen LogP contribution in [0, 0.1) is 10.1 Å². The Morgan fingerprint density at radius 3 is 2.57 bits per heavy atom. The standard InChI is InChI=1S/C15H18N4O4/c16-14-8-10-18(15(20)17-14)9-2-1-3-11-23-13-6-4-12(5-7-13)19(21)22/h4-8,10H,1-3,9,11H2,(H2,16,17,20). The summed E-state index contributed by atoms with van der Waals surface area (Å²) in [5.74, 6) is 0.831. The first-order chi connectivity index (χ1) is 11.1. The monoisotopic (exact) mass is 318 g/mol. The van der Waals surface area contributed by atoms with E-state index < -0.39 is 4.92 Å². The lowest BCUT2D eigenvalue weighted by Gasteiger charge is -2.07. The van der Waals surface area contributed by atoms with E-state index >= 15 is 0 Å². The molecule has 0 amide bonds. The second-order valence-corrected chi connectivity index (χ2v) is 4.99. The number of rotatable bonds is 8. The number of nitro groups is 1. The molecule has 2 aromatic rings. The lowest BCUT2D eigenvalue weighted by Crippen LogP contribution is -2.23. The topological polar surface area (TPSA) is 113 Å². The van der Waals surface area contributed by atoms with Gasteiger partial charge in [0.05, 0.1) is 11.5 Å². The number of nitro benzene ring substituents is 1. The Kier molecular flexibility index (Phi) is 5.67. The molecule has 0 aliphatic heterocycles. The van der Waals surface area contributed by atoms with Crippen molar-refractivity contribution >= 4 is 11.5 Å². The smallest absolute Gasteiger partial charge is 0.349 e. The Labute approximate surface area is 132 Å². The van der Waals surface area contributed by atoms with Crippen molar-refractivity contribution in [2.75, 3.05) is 12.3 Å². The van der Waals surface area contributed by atoms with Gasteiger partial charge >= 0.3 is 5.69 Å². The van der Waals surface area contributed by atoms with E-state index in [9.17, 15) is 14.9 Å². The van der Waals surface area contributed by atoms with Gasteiger partial charge in [0.1, 0.15) is 11.6 Å². The van der Waals surface area contributed by atoms with Crippen LogP contribution in [0.3, 0.4) is 0 Å². The van der Waals surface area contributed by atoms with Crippen LogP contribution in [0.4, 0.5) is 11.5 Å². The van der Waals surface area contributed by atoms with Crippen LogP contribution in [0.25, 0.3) is 0 Å². The van der Waals surface area contributed by atoms with Gasteiger partial charge in [-0.3, -0.25) is 14.7 Å². The Morgan fingerprint density at radius 1 is 1.17 bits per heavy atom. The Morgan fingerprint density at radius 2 is 1.91 bits per heavy atom. The quantitative estimate of drug-likeness (QED) is 0.452. The largest absolute Gasteiger partial charge is 0.494 e. The highest BCUT2D eigenvalue weighted by atomic mass is 16.6. The number of nitrogens with zero attached hydrogens (tertiary/aromatic N) is 3. The normalized spacial score (nSPS) is 10.4. The summed E-state index contributed by atoms with van der Waals surface area (Å²) in [7, 11) is 0. The molecule has 1 aromatic heterocycles. The van der Waals surface area contributed by atoms with Crippen molar-refractivity contribution in [3.05, 3.63) is 57.1 Å². The summed E-state index contributed by atoms with van der Waals surface area (Å²) in [6.45, 7) is 1.11. The fraction of sp³-hybridized carbons (Fsp3) is 0.333. The molecule has 0 saturated heterocycles. The van der Waals surface area contributed by atoms with E-state index in [1.807, 2.05) is 0 Å². The highest BCUT2D eigenvalue weighted by Crippen LogP contribution is 2.17. The Bertz CT molecular complexity index is 712. The molecule has 1 aromatic carbocycles. The van der Waals surface area contributed by atoms with Crippen LogP contribution in [0.15, 0.2) is 41.3 Å². The molecule has 0 spiro atoms. The number of benzene rings is 1. The summed E-state index contributed by atoms with van der Waals surface area (Å²) in [5, 5.41) is 10.5. The summed E-state index contributed by atoms with van der Waals surface area (Å²) in [4.78, 5) is 25.3. The van der Waals surface area contributed by atoms with Gasteiger partial charge in [-0.05, 0) is 37.5 Å². The zero-order valence-electron chi connectivity index (χ0n) is 12.6. The highest BCUT2D eigenvalue weighted by molar-refractivity contribution is 5.35. The molecule has 2 rings (SSSR count). The lowest BCUT2D eigenvalue weighted by atomic mass is 10.2. The minimum Gasteiger partial charge on any atom is -0.494 e. The SMILES string of the molecule is Nc1ccn(CCCCCOc2ccc([N+](=O)[O-])cc2)c(=O)n1. The number of hydrogen-bond acceptors (Lipinski definition) is 6. The maximum absolute atomic E-state index is 11.5. The maximum atomic E-state index is 11.5. The van der Waals surface area contributed by atoms with Crippen LogP contribution in [-0.4, -0.2) is 21.1 Å². The maximum Gasteiger partial charge on any atom is 0.349 e. The molecule has 0 radical (unpaired) electrons. The molecule has 0 aliphatic rings. The third-order valence-corrected chi connectivity index (χ3v) is 3.26. The molecule has 8 nitrogen and oxygen atoms in total. The van der Waals surface area contributed by atoms with E-state index in [0.29, 0.717) is 18.9 Å². The zero-order chi connectivity index (χ0) is 16.7. The van der Waals surface area contributed by atoms with Crippen molar-refractivity contribution in [3.8, 4) is 5.75 Å². The van der Waals surface area contributed by atoms with Crippen molar-refractivity contribution in [2.45, 2.75) is 25.8 Å². The molecule has 2 N–H and O–H groups in total. The molecule has 0 bridgehead atoms. The third kappa shape index (κ3) is 5.10. The van der Waals surface area contributed by atoms with Crippen LogP contribution in [0.5, 0.6) is 5.75 Å². The highest BCUT2D eigenvalue weighted by Gasteiger charge is 2.04. The summed E-state index contributed by atoms with van der Waals surface area (Å²) in [5.41, 5.74) is 5.13. The van der Waals surface area contributed by atoms with Gasteiger partial charge in [0, 0.05) is 24.9 Å². The molecule has 8 heteroatoms. The van der Waals surface area contributed by atoms with E-state index in [2.05, 4.69) is 4.98 Å². The number of aryl methyl sites for hydroxylation is 1. The average molecular weight is 318 g/mol. The molecule has 122 valence electrons. The van der Waals surface area contributed by atoms with Gasteiger partial charge in [0.2, 0.25) is 0 Å². The predicted octanol–water partition coefficient (Wildman–Crippen LogP) is 1.98. The van der Waals surface area contributed by atoms with E-state index in [1.165, 1.54) is 16.7 Å². The average Bonchev–Trinajstić information content (AvgIpc) is 2.53. The predicted molar refractivity (Wildman–Crippen MR) is 85.4 cm³/mol. The number of anilines is 1. The van der Waals surface area contributed by atoms with Crippen molar-refractivity contribution < 1.29 is 9.66 Å². The van der Waals surface area contributed by atoms with Gasteiger partial charge < -0.3 is 10.5 Å². The molecular weight excluding hydrogens is 300 g/mol. The first-order valence-electron chi connectivity index (χ1n) is 7.26. The second-order valence-electron chi connectivity index (χ2n) is 4.99. The van der Waals surface area contributed by atoms with Crippen LogP contribution < -0.4 is 16.2 Å². The summed E-state index contributed by atoms with van der Waals surface area (Å²) in [6.07, 6.45) is 4.19. The van der Waals surface area contributed by atoms with Gasteiger partial charge in [0.15, 0.2) is 0 Å². The fourth-order valence-corrected chi connectivity index (χ4v) is 2.03. The minimum atomic E-state index is -0.447. The molecule has 0 saturated carbocycles. The van der Waals surface area contributed by atoms with Crippen molar-refractivity contribution in [2.24, 2.45) is 0 Å². The van der Waals surface area contributed by atoms with Gasteiger partial charge in [0.25, 0.3) is 5.69 Å². The van der Waals surface area contributed by atoms with E-state index in [-0.39, 0.29) is 17.2 Å². The number of nitrogen functional groups attached to an aromatic ring is 1. The van der Waals surface area contributed by atoms with Crippen molar-refractivity contribution in [1.82, 2.24) is 9.55 Å². The first-order valence-corrected chi connectivity index (χ1v) is 7.26.